The van der Waals surface area contributed by atoms with Crippen LogP contribution in [0, 0.1) is 13.8 Å². The maximum atomic E-state index is 2.41. The van der Waals surface area contributed by atoms with Crippen molar-refractivity contribution in [2.75, 3.05) is 0 Å². The molecule has 0 aromatic heterocycles. The van der Waals surface area contributed by atoms with Crippen LogP contribution in [-0.4, -0.2) is 0 Å². The maximum Gasteiger partial charge on any atom is -0.0150 e. The average molecular weight is 339 g/mol. The fraction of sp³-hybridized carbons (Fsp3) is 0.520. The minimum absolute atomic E-state index is 0.595. The fourth-order valence-electron chi connectivity index (χ4n) is 3.16. The Balaban J connectivity index is 0.000000460. The van der Waals surface area contributed by atoms with Gasteiger partial charge < -0.3 is 0 Å². The lowest BCUT2D eigenvalue weighted by Gasteiger charge is -2.18. The molecule has 0 radical (unpaired) electrons. The van der Waals surface area contributed by atoms with E-state index in [1.165, 1.54) is 46.2 Å². The lowest BCUT2D eigenvalue weighted by Crippen LogP contribution is -2.05. The van der Waals surface area contributed by atoms with E-state index in [1.54, 1.807) is 0 Å². The van der Waals surface area contributed by atoms with Crippen LogP contribution in [0.2, 0.25) is 0 Å². The zero-order chi connectivity index (χ0) is 18.8. The minimum atomic E-state index is 0.595. The van der Waals surface area contributed by atoms with Gasteiger partial charge in [0.1, 0.15) is 0 Å². The van der Waals surface area contributed by atoms with Crippen LogP contribution in [-0.2, 0) is 19.3 Å². The third-order valence-corrected chi connectivity index (χ3v) is 4.55. The summed E-state index contributed by atoms with van der Waals surface area (Å²) in [5.41, 5.74) is 8.87. The van der Waals surface area contributed by atoms with Crippen LogP contribution in [0.4, 0.5) is 0 Å². The Morgan fingerprint density at radius 2 is 1.24 bits per heavy atom. The summed E-state index contributed by atoms with van der Waals surface area (Å²) in [5, 5.41) is 0. The largest absolute Gasteiger partial charge is 0.0656 e. The molecule has 0 nitrogen and oxygen atoms in total. The number of hydrogen-bond donors (Lipinski definition) is 0. The van der Waals surface area contributed by atoms with E-state index in [1.807, 2.05) is 0 Å². The summed E-state index contributed by atoms with van der Waals surface area (Å²) >= 11 is 0. The number of aryl methyl sites for hydroxylation is 4. The first kappa shape index (κ1) is 21.5. The molecule has 1 atom stereocenters. The molecule has 4 aliphatic rings. The van der Waals surface area contributed by atoms with Gasteiger partial charge in [0.15, 0.2) is 0 Å². The van der Waals surface area contributed by atoms with Gasteiger partial charge in [-0.3, -0.25) is 0 Å². The molecule has 25 heavy (non-hydrogen) atoms. The van der Waals surface area contributed by atoms with Crippen LogP contribution in [0.25, 0.3) is 0 Å². The molecule has 0 spiro atoms. The molecule has 1 unspecified atom stereocenters. The molecule has 4 bridgehead atoms. The van der Waals surface area contributed by atoms with Crippen molar-refractivity contribution in [3.63, 3.8) is 0 Å². The SMILES string of the molecule is CCC.CCC.Cc1cc2c(C)cc1CCc1ccc(cc1)C(C)C2. The van der Waals surface area contributed by atoms with E-state index in [-0.39, 0.29) is 0 Å². The van der Waals surface area contributed by atoms with Gasteiger partial charge in [-0.25, -0.2) is 0 Å². The van der Waals surface area contributed by atoms with Gasteiger partial charge in [0.25, 0.3) is 0 Å². The molecule has 6 rings (SSSR count). The van der Waals surface area contributed by atoms with Crippen molar-refractivity contribution in [3.8, 4) is 0 Å². The summed E-state index contributed by atoms with van der Waals surface area (Å²) in [6, 6.07) is 14.1. The third-order valence-electron chi connectivity index (χ3n) is 4.55. The lowest BCUT2D eigenvalue weighted by molar-refractivity contribution is 0.750. The van der Waals surface area contributed by atoms with Crippen LogP contribution in [0.5, 0.6) is 0 Å². The topological polar surface area (TPSA) is 0 Å². The highest BCUT2D eigenvalue weighted by Gasteiger charge is 2.12. The monoisotopic (exact) mass is 338 g/mol. The van der Waals surface area contributed by atoms with Gasteiger partial charge in [0.2, 0.25) is 0 Å². The quantitative estimate of drug-likeness (QED) is 0.464. The van der Waals surface area contributed by atoms with E-state index in [0.717, 1.165) is 19.3 Å². The van der Waals surface area contributed by atoms with Crippen molar-refractivity contribution < 1.29 is 0 Å². The maximum absolute atomic E-state index is 2.41. The van der Waals surface area contributed by atoms with Crippen LogP contribution in [0.3, 0.4) is 0 Å². The molecule has 2 aromatic rings. The Hall–Kier alpha value is -1.56. The second-order valence-corrected chi connectivity index (χ2v) is 7.47. The van der Waals surface area contributed by atoms with Crippen molar-refractivity contribution in [1.29, 1.82) is 0 Å². The van der Waals surface area contributed by atoms with Crippen LogP contribution in [0.15, 0.2) is 36.4 Å². The number of rotatable bonds is 0. The minimum Gasteiger partial charge on any atom is -0.0656 e. The Kier molecular flexibility index (Phi) is 9.57. The van der Waals surface area contributed by atoms with Gasteiger partial charge in [-0.15, -0.1) is 0 Å². The van der Waals surface area contributed by atoms with Crippen LogP contribution < -0.4 is 0 Å². The van der Waals surface area contributed by atoms with Gasteiger partial charge in [-0.05, 0) is 72.4 Å². The Morgan fingerprint density at radius 3 is 1.80 bits per heavy atom. The first-order valence-corrected chi connectivity index (χ1v) is 10.1. The highest BCUT2D eigenvalue weighted by atomic mass is 14.2. The average Bonchev–Trinajstić information content (AvgIpc) is 2.57. The smallest absolute Gasteiger partial charge is 0.0150 e. The van der Waals surface area contributed by atoms with E-state index in [4.69, 9.17) is 0 Å². The van der Waals surface area contributed by atoms with E-state index in [2.05, 4.69) is 84.9 Å². The molecule has 0 saturated heterocycles. The molecular formula is C25H38. The lowest BCUT2D eigenvalue weighted by atomic mass is 9.87. The summed E-state index contributed by atoms with van der Waals surface area (Å²) in [6.45, 7) is 15.4. The van der Waals surface area contributed by atoms with E-state index < -0.39 is 0 Å². The highest BCUT2D eigenvalue weighted by molar-refractivity contribution is 5.40. The van der Waals surface area contributed by atoms with Gasteiger partial charge in [-0.2, -0.15) is 0 Å². The second-order valence-electron chi connectivity index (χ2n) is 7.47. The summed E-state index contributed by atoms with van der Waals surface area (Å²) in [4.78, 5) is 0. The zero-order valence-corrected chi connectivity index (χ0v) is 17.6. The standard InChI is InChI=1S/C19H22.2C3H8/c1-13-11-19-12-14(2)18(10-15(19)3)9-6-16-4-7-17(13)8-5-16;2*1-3-2/h4-5,7-8,10,12-13H,6,9,11H2,1-3H3;2*3H2,1-2H3. The van der Waals surface area contributed by atoms with E-state index in [0.29, 0.717) is 5.92 Å². The predicted molar refractivity (Wildman–Crippen MR) is 114 cm³/mol. The first-order chi connectivity index (χ1) is 12.0. The summed E-state index contributed by atoms with van der Waals surface area (Å²) in [6.07, 6.45) is 5.95. The van der Waals surface area contributed by atoms with Crippen molar-refractivity contribution in [3.05, 3.63) is 69.8 Å². The highest BCUT2D eigenvalue weighted by Crippen LogP contribution is 2.26. The zero-order valence-electron chi connectivity index (χ0n) is 17.6. The molecule has 0 saturated carbocycles. The fourth-order valence-corrected chi connectivity index (χ4v) is 3.16. The van der Waals surface area contributed by atoms with Gasteiger partial charge >= 0.3 is 0 Å². The predicted octanol–water partition coefficient (Wildman–Crippen LogP) is 7.58. The Morgan fingerprint density at radius 1 is 0.760 bits per heavy atom. The molecule has 0 amide bonds. The molecule has 4 aliphatic carbocycles. The van der Waals surface area contributed by atoms with Gasteiger partial charge in [0.05, 0.1) is 0 Å². The van der Waals surface area contributed by atoms with Crippen molar-refractivity contribution in [1.82, 2.24) is 0 Å². The molecule has 2 aromatic carbocycles. The second kappa shape index (κ2) is 11.1. The van der Waals surface area contributed by atoms with E-state index >= 15 is 0 Å². The Bertz CT molecular complexity index is 617. The van der Waals surface area contributed by atoms with E-state index in [9.17, 15) is 0 Å². The molecule has 0 heteroatoms. The summed E-state index contributed by atoms with van der Waals surface area (Å²) in [5.74, 6) is 0.595. The van der Waals surface area contributed by atoms with Crippen LogP contribution in [0.1, 0.15) is 86.8 Å². The van der Waals surface area contributed by atoms with Crippen molar-refractivity contribution in [2.45, 2.75) is 86.5 Å². The molecule has 0 aliphatic heterocycles. The third kappa shape index (κ3) is 6.69. The molecular weight excluding hydrogens is 300 g/mol. The van der Waals surface area contributed by atoms with Crippen LogP contribution >= 0.6 is 0 Å². The first-order valence-electron chi connectivity index (χ1n) is 10.1. The summed E-state index contributed by atoms with van der Waals surface area (Å²) in [7, 11) is 0. The van der Waals surface area contributed by atoms with Crippen molar-refractivity contribution in [2.24, 2.45) is 0 Å². The normalized spacial score (nSPS) is 15.2. The van der Waals surface area contributed by atoms with Crippen molar-refractivity contribution >= 4 is 0 Å². The number of benzene rings is 2. The molecule has 0 heterocycles. The van der Waals surface area contributed by atoms with Gasteiger partial charge in [-0.1, -0.05) is 83.9 Å². The molecule has 138 valence electrons. The molecule has 0 fully saturated rings. The van der Waals surface area contributed by atoms with Gasteiger partial charge in [0, 0.05) is 0 Å². The Labute approximate surface area is 156 Å². The summed E-state index contributed by atoms with van der Waals surface area (Å²) < 4.78 is 0. The molecule has 0 N–H and O–H groups in total. The number of hydrogen-bond acceptors (Lipinski definition) is 0.